The SMILES string of the molecule is [C-]#[N+]c1ccnc(-c2cc(NC(=O)c3ccc(N4CCCCS4(=O)=O)cc3)ccc2Cl)c1. The molecule has 1 aliphatic rings. The Morgan fingerprint density at radius 3 is 2.59 bits per heavy atom. The Balaban J connectivity index is 1.53. The van der Waals surface area contributed by atoms with Gasteiger partial charge in [-0.3, -0.25) is 14.1 Å². The molecule has 162 valence electrons. The van der Waals surface area contributed by atoms with Gasteiger partial charge in [-0.25, -0.2) is 13.3 Å². The number of anilines is 2. The first-order chi connectivity index (χ1) is 15.4. The number of nitrogens with zero attached hydrogens (tertiary/aromatic N) is 3. The van der Waals surface area contributed by atoms with Crippen LogP contribution in [0.1, 0.15) is 23.2 Å². The van der Waals surface area contributed by atoms with E-state index in [4.69, 9.17) is 18.2 Å². The van der Waals surface area contributed by atoms with Crippen molar-refractivity contribution < 1.29 is 13.2 Å². The number of nitrogens with one attached hydrogen (secondary N) is 1. The molecule has 32 heavy (non-hydrogen) atoms. The molecule has 1 aromatic heterocycles. The van der Waals surface area contributed by atoms with Crippen LogP contribution >= 0.6 is 11.6 Å². The van der Waals surface area contributed by atoms with Crippen LogP contribution < -0.4 is 9.62 Å². The first kappa shape index (κ1) is 21.8. The van der Waals surface area contributed by atoms with E-state index in [1.54, 1.807) is 54.6 Å². The van der Waals surface area contributed by atoms with E-state index in [2.05, 4.69) is 15.1 Å². The number of carbonyl (C=O) groups excluding carboxylic acids is 1. The molecule has 2 heterocycles. The highest BCUT2D eigenvalue weighted by atomic mass is 35.5. The summed E-state index contributed by atoms with van der Waals surface area (Å²) in [5, 5.41) is 3.27. The second-order valence-electron chi connectivity index (χ2n) is 7.30. The number of pyridine rings is 1. The quantitative estimate of drug-likeness (QED) is 0.540. The number of aromatic nitrogens is 1. The van der Waals surface area contributed by atoms with Gasteiger partial charge < -0.3 is 5.32 Å². The fourth-order valence-electron chi connectivity index (χ4n) is 3.50. The molecule has 1 N–H and O–H groups in total. The summed E-state index contributed by atoms with van der Waals surface area (Å²) in [6.45, 7) is 7.61. The second kappa shape index (κ2) is 8.99. The zero-order chi connectivity index (χ0) is 22.7. The normalized spacial score (nSPS) is 15.1. The van der Waals surface area contributed by atoms with Gasteiger partial charge in [0.1, 0.15) is 0 Å². The van der Waals surface area contributed by atoms with Crippen LogP contribution in [0.4, 0.5) is 17.1 Å². The smallest absolute Gasteiger partial charge is 0.255 e. The molecule has 1 aliphatic heterocycles. The first-order valence-corrected chi connectivity index (χ1v) is 11.9. The fraction of sp³-hybridized carbons (Fsp3) is 0.174. The van der Waals surface area contributed by atoms with E-state index in [9.17, 15) is 13.2 Å². The molecule has 9 heteroatoms. The number of hydrogen-bond donors (Lipinski definition) is 1. The fourth-order valence-corrected chi connectivity index (χ4v) is 5.35. The van der Waals surface area contributed by atoms with E-state index in [-0.39, 0.29) is 11.7 Å². The summed E-state index contributed by atoms with van der Waals surface area (Å²) in [5.41, 5.74) is 3.05. The minimum absolute atomic E-state index is 0.141. The Bertz CT molecular complexity index is 1320. The summed E-state index contributed by atoms with van der Waals surface area (Å²) in [6.07, 6.45) is 3.02. The van der Waals surface area contributed by atoms with Crippen molar-refractivity contribution in [2.45, 2.75) is 12.8 Å². The van der Waals surface area contributed by atoms with E-state index in [0.717, 1.165) is 6.42 Å². The summed E-state index contributed by atoms with van der Waals surface area (Å²) in [6, 6.07) is 14.8. The molecule has 1 saturated heterocycles. The maximum Gasteiger partial charge on any atom is 0.255 e. The van der Waals surface area contributed by atoms with Crippen LogP contribution in [0.15, 0.2) is 60.8 Å². The van der Waals surface area contributed by atoms with Crippen molar-refractivity contribution in [2.24, 2.45) is 0 Å². The van der Waals surface area contributed by atoms with Gasteiger partial charge in [0.05, 0.1) is 28.7 Å². The summed E-state index contributed by atoms with van der Waals surface area (Å²) in [7, 11) is -3.30. The highest BCUT2D eigenvalue weighted by Gasteiger charge is 2.26. The Kier molecular flexibility index (Phi) is 6.12. The maximum absolute atomic E-state index is 12.7. The molecule has 1 fully saturated rings. The molecule has 0 saturated carbocycles. The average Bonchev–Trinajstić information content (AvgIpc) is 2.80. The minimum Gasteiger partial charge on any atom is -0.322 e. The lowest BCUT2D eigenvalue weighted by Gasteiger charge is -2.28. The molecule has 0 bridgehead atoms. The maximum atomic E-state index is 12.7. The van der Waals surface area contributed by atoms with Gasteiger partial charge in [-0.05, 0) is 67.4 Å². The van der Waals surface area contributed by atoms with Crippen molar-refractivity contribution in [3.8, 4) is 11.3 Å². The van der Waals surface area contributed by atoms with Gasteiger partial charge in [0.2, 0.25) is 10.0 Å². The molecule has 0 unspecified atom stereocenters. The Hall–Kier alpha value is -3.41. The topological polar surface area (TPSA) is 83.7 Å². The molecule has 1 amide bonds. The number of benzene rings is 2. The lowest BCUT2D eigenvalue weighted by Crippen LogP contribution is -2.37. The number of amides is 1. The highest BCUT2D eigenvalue weighted by Crippen LogP contribution is 2.31. The van der Waals surface area contributed by atoms with Gasteiger partial charge in [0.15, 0.2) is 5.69 Å². The first-order valence-electron chi connectivity index (χ1n) is 9.93. The van der Waals surface area contributed by atoms with E-state index >= 15 is 0 Å². The van der Waals surface area contributed by atoms with Crippen LogP contribution in [0.5, 0.6) is 0 Å². The molecule has 7 nitrogen and oxygen atoms in total. The lowest BCUT2D eigenvalue weighted by atomic mass is 10.1. The molecular weight excluding hydrogens is 448 g/mol. The van der Waals surface area contributed by atoms with Crippen LogP contribution in [0, 0.1) is 6.57 Å². The third-order valence-corrected chi connectivity index (χ3v) is 7.34. The predicted octanol–water partition coefficient (Wildman–Crippen LogP) is 5.14. The monoisotopic (exact) mass is 466 g/mol. The van der Waals surface area contributed by atoms with Crippen molar-refractivity contribution in [3.63, 3.8) is 0 Å². The Labute approximate surface area is 191 Å². The van der Waals surface area contributed by atoms with Gasteiger partial charge in [-0.1, -0.05) is 11.6 Å². The highest BCUT2D eigenvalue weighted by molar-refractivity contribution is 7.92. The second-order valence-corrected chi connectivity index (χ2v) is 9.72. The summed E-state index contributed by atoms with van der Waals surface area (Å²) >= 11 is 6.31. The summed E-state index contributed by atoms with van der Waals surface area (Å²) in [5.74, 6) is -0.198. The van der Waals surface area contributed by atoms with Crippen molar-refractivity contribution in [2.75, 3.05) is 21.9 Å². The average molecular weight is 467 g/mol. The molecule has 0 spiro atoms. The van der Waals surface area contributed by atoms with Crippen LogP contribution in [0.25, 0.3) is 16.1 Å². The van der Waals surface area contributed by atoms with Crippen LogP contribution in [0.2, 0.25) is 5.02 Å². The Morgan fingerprint density at radius 1 is 1.09 bits per heavy atom. The third kappa shape index (κ3) is 4.59. The molecule has 3 aromatic rings. The van der Waals surface area contributed by atoms with Gasteiger partial charge >= 0.3 is 0 Å². The lowest BCUT2D eigenvalue weighted by molar-refractivity contribution is 0.102. The molecule has 0 radical (unpaired) electrons. The van der Waals surface area contributed by atoms with E-state index in [0.29, 0.717) is 51.9 Å². The minimum atomic E-state index is -3.30. The molecular formula is C23H19ClN4O3S. The zero-order valence-electron chi connectivity index (χ0n) is 17.0. The van der Waals surface area contributed by atoms with E-state index in [1.165, 1.54) is 10.5 Å². The third-order valence-electron chi connectivity index (χ3n) is 5.14. The van der Waals surface area contributed by atoms with Gasteiger partial charge in [0, 0.05) is 29.6 Å². The molecule has 0 atom stereocenters. The summed E-state index contributed by atoms with van der Waals surface area (Å²) < 4.78 is 25.9. The standard InChI is InChI=1S/C23H19ClN4O3S/c1-25-17-10-11-26-22(15-17)20-14-18(6-9-21(20)24)27-23(29)16-4-7-19(8-5-16)28-12-2-3-13-32(28,30)31/h4-11,14-15H,2-3,12-13H2,(H,27,29). The Morgan fingerprint density at radius 2 is 1.88 bits per heavy atom. The number of hydrogen-bond acceptors (Lipinski definition) is 4. The molecule has 2 aromatic carbocycles. The van der Waals surface area contributed by atoms with Crippen LogP contribution in [-0.2, 0) is 10.0 Å². The number of sulfonamides is 1. The van der Waals surface area contributed by atoms with Crippen LogP contribution in [-0.4, -0.2) is 31.6 Å². The van der Waals surface area contributed by atoms with Gasteiger partial charge in [0.25, 0.3) is 5.91 Å². The number of rotatable bonds is 4. The predicted molar refractivity (Wildman–Crippen MR) is 126 cm³/mol. The van der Waals surface area contributed by atoms with E-state index < -0.39 is 10.0 Å². The van der Waals surface area contributed by atoms with Crippen molar-refractivity contribution in [1.82, 2.24) is 4.98 Å². The number of halogens is 1. The van der Waals surface area contributed by atoms with Crippen molar-refractivity contribution in [3.05, 3.63) is 82.8 Å². The molecule has 4 rings (SSSR count). The van der Waals surface area contributed by atoms with E-state index in [1.807, 2.05) is 0 Å². The number of carbonyl (C=O) groups is 1. The van der Waals surface area contributed by atoms with Gasteiger partial charge in [-0.2, -0.15) is 0 Å². The van der Waals surface area contributed by atoms with Gasteiger partial charge in [-0.15, -0.1) is 0 Å². The summed E-state index contributed by atoms with van der Waals surface area (Å²) in [4.78, 5) is 20.4. The zero-order valence-corrected chi connectivity index (χ0v) is 18.5. The van der Waals surface area contributed by atoms with Crippen molar-refractivity contribution >= 4 is 44.6 Å². The van der Waals surface area contributed by atoms with Crippen molar-refractivity contribution in [1.29, 1.82) is 0 Å². The largest absolute Gasteiger partial charge is 0.322 e. The van der Waals surface area contributed by atoms with Crippen LogP contribution in [0.3, 0.4) is 0 Å². The molecule has 0 aliphatic carbocycles.